The van der Waals surface area contributed by atoms with E-state index in [2.05, 4.69) is 15.1 Å². The molecule has 0 saturated carbocycles. The molecule has 2 N–H and O–H groups in total. The van der Waals surface area contributed by atoms with Gasteiger partial charge in [-0.05, 0) is 30.7 Å². The molecule has 0 unspecified atom stereocenters. The van der Waals surface area contributed by atoms with Crippen LogP contribution in [0, 0.1) is 12.7 Å². The topological polar surface area (TPSA) is 77.8 Å². The Kier molecular flexibility index (Phi) is 3.19. The number of hydrogen-bond acceptors (Lipinski definition) is 6. The van der Waals surface area contributed by atoms with Crippen molar-refractivity contribution >= 4 is 16.5 Å². The number of aryl methyl sites for hydroxylation is 1. The molecule has 0 aliphatic rings. The molecule has 0 aliphatic heterocycles. The van der Waals surface area contributed by atoms with Crippen LogP contribution in [0.1, 0.15) is 17.1 Å². The van der Waals surface area contributed by atoms with Gasteiger partial charge in [-0.2, -0.15) is 4.98 Å². The Labute approximate surface area is 118 Å². The number of benzene rings is 1. The van der Waals surface area contributed by atoms with Gasteiger partial charge in [-0.15, -0.1) is 11.3 Å². The molecule has 3 rings (SSSR count). The Bertz CT molecular complexity index is 732. The van der Waals surface area contributed by atoms with E-state index in [0.29, 0.717) is 28.8 Å². The monoisotopic (exact) mass is 290 g/mol. The van der Waals surface area contributed by atoms with Crippen molar-refractivity contribution in [1.29, 1.82) is 0 Å². The molecule has 2 heterocycles. The second kappa shape index (κ2) is 5.01. The predicted octanol–water partition coefficient (Wildman–Crippen LogP) is 2.81. The first-order valence-corrected chi connectivity index (χ1v) is 6.78. The van der Waals surface area contributed by atoms with Crippen molar-refractivity contribution in [2.24, 2.45) is 0 Å². The Morgan fingerprint density at radius 2 is 2.15 bits per heavy atom. The van der Waals surface area contributed by atoms with Crippen molar-refractivity contribution in [3.63, 3.8) is 0 Å². The molecule has 3 aromatic rings. The molecule has 0 fully saturated rings. The summed E-state index contributed by atoms with van der Waals surface area (Å²) in [5, 5.41) is 6.20. The molecule has 7 heteroatoms. The van der Waals surface area contributed by atoms with Gasteiger partial charge in [-0.1, -0.05) is 5.16 Å². The van der Waals surface area contributed by atoms with Crippen molar-refractivity contribution in [3.05, 3.63) is 46.5 Å². The third-order valence-electron chi connectivity index (χ3n) is 2.67. The molecule has 102 valence electrons. The highest BCUT2D eigenvalue weighted by molar-refractivity contribution is 7.13. The van der Waals surface area contributed by atoms with Gasteiger partial charge in [0.15, 0.2) is 5.13 Å². The van der Waals surface area contributed by atoms with Crippen molar-refractivity contribution < 1.29 is 8.91 Å². The lowest BCUT2D eigenvalue weighted by Crippen LogP contribution is -1.90. The molecule has 2 aromatic heterocycles. The minimum Gasteiger partial charge on any atom is -0.375 e. The van der Waals surface area contributed by atoms with Gasteiger partial charge in [0, 0.05) is 10.9 Å². The molecule has 0 bridgehead atoms. The number of thiazole rings is 1. The molecule has 20 heavy (non-hydrogen) atoms. The quantitative estimate of drug-likeness (QED) is 0.802. The van der Waals surface area contributed by atoms with Crippen LogP contribution in [-0.4, -0.2) is 15.1 Å². The van der Waals surface area contributed by atoms with Gasteiger partial charge in [0.2, 0.25) is 11.7 Å². The van der Waals surface area contributed by atoms with Crippen LogP contribution in [0.3, 0.4) is 0 Å². The standard InChI is InChI=1S/C13H11FN4OS/c1-7-2-8(4-9(14)3-7)12-17-11(19-18-12)5-10-6-20-13(15)16-10/h2-4,6H,5H2,1H3,(H2,15,16). The third kappa shape index (κ3) is 2.67. The van der Waals surface area contributed by atoms with Crippen LogP contribution in [-0.2, 0) is 6.42 Å². The lowest BCUT2D eigenvalue weighted by atomic mass is 10.1. The Morgan fingerprint density at radius 3 is 2.85 bits per heavy atom. The van der Waals surface area contributed by atoms with E-state index in [-0.39, 0.29) is 5.82 Å². The molecule has 0 aliphatic carbocycles. The lowest BCUT2D eigenvalue weighted by Gasteiger charge is -1.97. The average Bonchev–Trinajstić information content (AvgIpc) is 2.98. The summed E-state index contributed by atoms with van der Waals surface area (Å²) in [4.78, 5) is 8.37. The second-order valence-electron chi connectivity index (χ2n) is 4.38. The first kappa shape index (κ1) is 12.7. The van der Waals surface area contributed by atoms with Gasteiger partial charge in [0.05, 0.1) is 12.1 Å². The van der Waals surface area contributed by atoms with Crippen molar-refractivity contribution in [1.82, 2.24) is 15.1 Å². The highest BCUT2D eigenvalue weighted by atomic mass is 32.1. The molecule has 0 spiro atoms. The van der Waals surface area contributed by atoms with E-state index in [0.717, 1.165) is 11.3 Å². The van der Waals surface area contributed by atoms with Crippen LogP contribution in [0.4, 0.5) is 9.52 Å². The van der Waals surface area contributed by atoms with Crippen molar-refractivity contribution in [2.75, 3.05) is 5.73 Å². The Balaban J connectivity index is 1.86. The highest BCUT2D eigenvalue weighted by Crippen LogP contribution is 2.20. The third-order valence-corrected chi connectivity index (χ3v) is 3.39. The Morgan fingerprint density at radius 1 is 1.30 bits per heavy atom. The zero-order valence-electron chi connectivity index (χ0n) is 10.6. The number of nitrogens with two attached hydrogens (primary N) is 1. The molecular formula is C13H11FN4OS. The maximum Gasteiger partial charge on any atom is 0.233 e. The van der Waals surface area contributed by atoms with Crippen LogP contribution in [0.2, 0.25) is 0 Å². The minimum atomic E-state index is -0.321. The highest BCUT2D eigenvalue weighted by Gasteiger charge is 2.12. The number of nitrogen functional groups attached to an aromatic ring is 1. The first-order chi connectivity index (χ1) is 9.60. The number of anilines is 1. The largest absolute Gasteiger partial charge is 0.375 e. The first-order valence-electron chi connectivity index (χ1n) is 5.90. The molecule has 5 nitrogen and oxygen atoms in total. The number of rotatable bonds is 3. The van der Waals surface area contributed by atoms with Gasteiger partial charge in [-0.3, -0.25) is 0 Å². The van der Waals surface area contributed by atoms with Gasteiger partial charge >= 0.3 is 0 Å². The lowest BCUT2D eigenvalue weighted by molar-refractivity contribution is 0.385. The molecule has 0 radical (unpaired) electrons. The fourth-order valence-corrected chi connectivity index (χ4v) is 2.43. The number of nitrogens with zero attached hydrogens (tertiary/aromatic N) is 3. The summed E-state index contributed by atoms with van der Waals surface area (Å²) < 4.78 is 18.5. The van der Waals surface area contributed by atoms with Crippen LogP contribution in [0.5, 0.6) is 0 Å². The maximum absolute atomic E-state index is 13.4. The van der Waals surface area contributed by atoms with Crippen LogP contribution < -0.4 is 5.73 Å². The average molecular weight is 290 g/mol. The van der Waals surface area contributed by atoms with Gasteiger partial charge < -0.3 is 10.3 Å². The van der Waals surface area contributed by atoms with Gasteiger partial charge in [0.25, 0.3) is 0 Å². The summed E-state index contributed by atoms with van der Waals surface area (Å²) in [6, 6.07) is 4.63. The summed E-state index contributed by atoms with van der Waals surface area (Å²) in [5.41, 5.74) is 7.73. The normalized spacial score (nSPS) is 10.9. The summed E-state index contributed by atoms with van der Waals surface area (Å²) in [6.45, 7) is 1.81. The van der Waals surface area contributed by atoms with E-state index < -0.39 is 0 Å². The van der Waals surface area contributed by atoms with Crippen molar-refractivity contribution in [3.8, 4) is 11.4 Å². The van der Waals surface area contributed by atoms with E-state index in [4.69, 9.17) is 10.3 Å². The molecule has 0 atom stereocenters. The second-order valence-corrected chi connectivity index (χ2v) is 5.27. The molecular weight excluding hydrogens is 279 g/mol. The smallest absolute Gasteiger partial charge is 0.233 e. The van der Waals surface area contributed by atoms with E-state index in [1.165, 1.54) is 23.5 Å². The maximum atomic E-state index is 13.4. The summed E-state index contributed by atoms with van der Waals surface area (Å²) >= 11 is 1.36. The fourth-order valence-electron chi connectivity index (χ4n) is 1.87. The van der Waals surface area contributed by atoms with E-state index in [1.54, 1.807) is 6.07 Å². The summed E-state index contributed by atoms with van der Waals surface area (Å²) in [6.07, 6.45) is 0.412. The number of hydrogen-bond donors (Lipinski definition) is 1. The zero-order valence-corrected chi connectivity index (χ0v) is 11.4. The van der Waals surface area contributed by atoms with E-state index >= 15 is 0 Å². The SMILES string of the molecule is Cc1cc(F)cc(-c2noc(Cc3csc(N)n3)n2)c1. The molecule has 0 saturated heterocycles. The summed E-state index contributed by atoms with van der Waals surface area (Å²) in [7, 11) is 0. The van der Waals surface area contributed by atoms with Crippen LogP contribution in [0.25, 0.3) is 11.4 Å². The van der Waals surface area contributed by atoms with E-state index in [1.807, 2.05) is 12.3 Å². The van der Waals surface area contributed by atoms with Gasteiger partial charge in [-0.25, -0.2) is 9.37 Å². The van der Waals surface area contributed by atoms with Gasteiger partial charge in [0.1, 0.15) is 5.82 Å². The van der Waals surface area contributed by atoms with Crippen molar-refractivity contribution in [2.45, 2.75) is 13.3 Å². The van der Waals surface area contributed by atoms with E-state index in [9.17, 15) is 4.39 Å². The Hall–Kier alpha value is -2.28. The summed E-state index contributed by atoms with van der Waals surface area (Å²) in [5.74, 6) is 0.469. The minimum absolute atomic E-state index is 0.321. The van der Waals surface area contributed by atoms with Crippen LogP contribution in [0.15, 0.2) is 28.1 Å². The fraction of sp³-hybridized carbons (Fsp3) is 0.154. The number of aromatic nitrogens is 3. The van der Waals surface area contributed by atoms with Crippen LogP contribution >= 0.6 is 11.3 Å². The zero-order chi connectivity index (χ0) is 14.1. The molecule has 1 aromatic carbocycles. The predicted molar refractivity (Wildman–Crippen MR) is 73.8 cm³/mol. The number of halogens is 1. The molecule has 0 amide bonds.